The monoisotopic (exact) mass is 456 g/mol. The molecule has 2 N–H and O–H groups in total. The molecule has 0 aliphatic carbocycles. The van der Waals surface area contributed by atoms with Gasteiger partial charge in [-0.2, -0.15) is 0 Å². The van der Waals surface area contributed by atoms with E-state index in [1.165, 1.54) is 25.9 Å². The number of halogens is 1. The first-order valence-electron chi connectivity index (χ1n) is 8.79. The second-order valence-electron chi connectivity index (χ2n) is 6.82. The highest BCUT2D eigenvalue weighted by atomic mass is 127. The van der Waals surface area contributed by atoms with Gasteiger partial charge >= 0.3 is 0 Å². The van der Waals surface area contributed by atoms with Crippen LogP contribution in [0.1, 0.15) is 33.6 Å². The summed E-state index contributed by atoms with van der Waals surface area (Å²) in [5.41, 5.74) is -0.227. The molecule has 1 rings (SSSR count). The van der Waals surface area contributed by atoms with E-state index in [4.69, 9.17) is 9.47 Å². The summed E-state index contributed by atoms with van der Waals surface area (Å²) in [6.07, 6.45) is 2.47. The molecule has 1 fully saturated rings. The van der Waals surface area contributed by atoms with Gasteiger partial charge in [-0.15, -0.1) is 24.0 Å². The Hall–Kier alpha value is -0.120. The van der Waals surface area contributed by atoms with Crippen molar-refractivity contribution in [2.45, 2.75) is 39.2 Å². The maximum atomic E-state index is 5.43. The number of hydrogen-bond donors (Lipinski definition) is 2. The van der Waals surface area contributed by atoms with E-state index in [9.17, 15) is 0 Å². The summed E-state index contributed by atoms with van der Waals surface area (Å²) in [6, 6.07) is 0. The Morgan fingerprint density at radius 1 is 1.21 bits per heavy atom. The van der Waals surface area contributed by atoms with E-state index < -0.39 is 0 Å². The maximum absolute atomic E-state index is 5.43. The van der Waals surface area contributed by atoms with Crippen LogP contribution in [0.4, 0.5) is 0 Å². The summed E-state index contributed by atoms with van der Waals surface area (Å²) in [5.74, 6) is 1.60. The number of likely N-dealkylation sites (tertiary alicyclic amines) is 1. The molecular formula is C17H37IN4O2. The van der Waals surface area contributed by atoms with Gasteiger partial charge in [0.1, 0.15) is 0 Å². The Bertz CT molecular complexity index is 345. The molecular weight excluding hydrogens is 419 g/mol. The van der Waals surface area contributed by atoms with Crippen LogP contribution in [0.2, 0.25) is 0 Å². The minimum absolute atomic E-state index is 0. The van der Waals surface area contributed by atoms with E-state index in [0.29, 0.717) is 12.5 Å². The van der Waals surface area contributed by atoms with Crippen molar-refractivity contribution in [3.63, 3.8) is 0 Å². The lowest BCUT2D eigenvalue weighted by Gasteiger charge is -2.32. The van der Waals surface area contributed by atoms with E-state index >= 15 is 0 Å². The van der Waals surface area contributed by atoms with Gasteiger partial charge in [0.25, 0.3) is 0 Å². The molecule has 24 heavy (non-hydrogen) atoms. The van der Waals surface area contributed by atoms with E-state index in [-0.39, 0.29) is 29.6 Å². The lowest BCUT2D eigenvalue weighted by atomic mass is 9.97. The predicted molar refractivity (Wildman–Crippen MR) is 112 cm³/mol. The number of hydrogen-bond acceptors (Lipinski definition) is 4. The van der Waals surface area contributed by atoms with E-state index in [1.807, 2.05) is 0 Å². The predicted octanol–water partition coefficient (Wildman–Crippen LogP) is 1.94. The molecule has 0 atom stereocenters. The van der Waals surface area contributed by atoms with Crippen LogP contribution in [-0.2, 0) is 9.47 Å². The Labute approximate surface area is 165 Å². The number of guanidine groups is 1. The maximum Gasteiger partial charge on any atom is 0.191 e. The Balaban J connectivity index is 0.00000529. The van der Waals surface area contributed by atoms with Crippen molar-refractivity contribution in [1.29, 1.82) is 0 Å². The van der Waals surface area contributed by atoms with Crippen LogP contribution in [0.15, 0.2) is 4.99 Å². The third-order valence-corrected chi connectivity index (χ3v) is 4.39. The summed E-state index contributed by atoms with van der Waals surface area (Å²) in [6.45, 7) is 12.9. The van der Waals surface area contributed by atoms with E-state index in [2.05, 4.69) is 41.3 Å². The van der Waals surface area contributed by atoms with Crippen molar-refractivity contribution in [3.05, 3.63) is 0 Å². The molecule has 0 saturated carbocycles. The SMILES string of the molecule is CCNC(=NCC(C)(C)OC)NCC1CCN(CCOC)CC1.I. The Morgan fingerprint density at radius 2 is 1.88 bits per heavy atom. The fourth-order valence-electron chi connectivity index (χ4n) is 2.55. The van der Waals surface area contributed by atoms with Gasteiger partial charge in [-0.1, -0.05) is 0 Å². The van der Waals surface area contributed by atoms with Gasteiger partial charge in [0.05, 0.1) is 18.8 Å². The fraction of sp³-hybridized carbons (Fsp3) is 0.941. The number of methoxy groups -OCH3 is 2. The largest absolute Gasteiger partial charge is 0.383 e. The average molecular weight is 456 g/mol. The van der Waals surface area contributed by atoms with Gasteiger partial charge in [0.2, 0.25) is 0 Å². The smallest absolute Gasteiger partial charge is 0.191 e. The lowest BCUT2D eigenvalue weighted by molar-refractivity contribution is 0.0310. The van der Waals surface area contributed by atoms with Crippen molar-refractivity contribution >= 4 is 29.9 Å². The molecule has 1 aliphatic heterocycles. The first-order valence-corrected chi connectivity index (χ1v) is 8.79. The van der Waals surface area contributed by atoms with Crippen molar-refractivity contribution in [2.75, 3.05) is 60.1 Å². The molecule has 0 spiro atoms. The van der Waals surface area contributed by atoms with Gasteiger partial charge in [-0.05, 0) is 52.6 Å². The summed E-state index contributed by atoms with van der Waals surface area (Å²) in [4.78, 5) is 7.12. The normalized spacial score (nSPS) is 17.5. The summed E-state index contributed by atoms with van der Waals surface area (Å²) in [7, 11) is 3.50. The van der Waals surface area contributed by atoms with Crippen LogP contribution in [-0.4, -0.2) is 76.6 Å². The summed E-state index contributed by atoms with van der Waals surface area (Å²) in [5, 5.41) is 6.80. The average Bonchev–Trinajstić information content (AvgIpc) is 2.56. The Kier molecular flexibility index (Phi) is 13.1. The number of rotatable bonds is 9. The zero-order valence-corrected chi connectivity index (χ0v) is 18.4. The van der Waals surface area contributed by atoms with Gasteiger partial charge < -0.3 is 25.0 Å². The molecule has 0 aromatic heterocycles. The zero-order chi connectivity index (χ0) is 17.1. The second-order valence-corrected chi connectivity index (χ2v) is 6.82. The van der Waals surface area contributed by atoms with E-state index in [1.54, 1.807) is 14.2 Å². The van der Waals surface area contributed by atoms with Gasteiger partial charge in [0, 0.05) is 33.9 Å². The highest BCUT2D eigenvalue weighted by Gasteiger charge is 2.19. The third kappa shape index (κ3) is 10.0. The zero-order valence-electron chi connectivity index (χ0n) is 16.1. The molecule has 0 aromatic rings. The molecule has 0 radical (unpaired) electrons. The molecule has 1 heterocycles. The molecule has 0 aromatic carbocycles. The van der Waals surface area contributed by atoms with Crippen molar-refractivity contribution in [2.24, 2.45) is 10.9 Å². The van der Waals surface area contributed by atoms with Gasteiger partial charge in [-0.25, -0.2) is 0 Å². The number of aliphatic imine (C=N–C) groups is 1. The molecule has 6 nitrogen and oxygen atoms in total. The molecule has 0 amide bonds. The van der Waals surface area contributed by atoms with Gasteiger partial charge in [-0.3, -0.25) is 4.99 Å². The molecule has 1 aliphatic rings. The number of piperidine rings is 1. The molecule has 0 unspecified atom stereocenters. The van der Waals surface area contributed by atoms with Gasteiger partial charge in [0.15, 0.2) is 5.96 Å². The van der Waals surface area contributed by atoms with Crippen molar-refractivity contribution in [1.82, 2.24) is 15.5 Å². The summed E-state index contributed by atoms with van der Waals surface area (Å²) < 4.78 is 10.6. The second kappa shape index (κ2) is 13.1. The fourth-order valence-corrected chi connectivity index (χ4v) is 2.55. The number of nitrogens with zero attached hydrogens (tertiary/aromatic N) is 2. The van der Waals surface area contributed by atoms with Crippen LogP contribution in [0.5, 0.6) is 0 Å². The van der Waals surface area contributed by atoms with Crippen LogP contribution in [0.3, 0.4) is 0 Å². The van der Waals surface area contributed by atoms with Crippen LogP contribution < -0.4 is 10.6 Å². The van der Waals surface area contributed by atoms with Crippen LogP contribution in [0, 0.1) is 5.92 Å². The minimum Gasteiger partial charge on any atom is -0.383 e. The highest BCUT2D eigenvalue weighted by molar-refractivity contribution is 14.0. The van der Waals surface area contributed by atoms with Crippen LogP contribution >= 0.6 is 24.0 Å². The van der Waals surface area contributed by atoms with E-state index in [0.717, 1.165) is 32.2 Å². The number of ether oxygens (including phenoxy) is 2. The first kappa shape index (κ1) is 23.9. The van der Waals surface area contributed by atoms with Crippen molar-refractivity contribution < 1.29 is 9.47 Å². The van der Waals surface area contributed by atoms with Crippen LogP contribution in [0.25, 0.3) is 0 Å². The molecule has 7 heteroatoms. The quantitative estimate of drug-likeness (QED) is 0.316. The highest BCUT2D eigenvalue weighted by Crippen LogP contribution is 2.16. The topological polar surface area (TPSA) is 58.1 Å². The molecule has 0 bridgehead atoms. The first-order chi connectivity index (χ1) is 11.0. The minimum atomic E-state index is -0.227. The number of nitrogens with one attached hydrogen (secondary N) is 2. The summed E-state index contributed by atoms with van der Waals surface area (Å²) >= 11 is 0. The molecule has 1 saturated heterocycles. The Morgan fingerprint density at radius 3 is 2.42 bits per heavy atom. The third-order valence-electron chi connectivity index (χ3n) is 4.39. The molecule has 144 valence electrons. The lowest BCUT2D eigenvalue weighted by Crippen LogP contribution is -2.44. The van der Waals surface area contributed by atoms with Crippen molar-refractivity contribution in [3.8, 4) is 0 Å². The standard InChI is InChI=1S/C17H36N4O2.HI/c1-6-18-16(20-14-17(2,3)23-5)19-13-15-7-9-21(10-8-15)11-12-22-4;/h15H,6-14H2,1-5H3,(H2,18,19,20);1H.